The predicted octanol–water partition coefficient (Wildman–Crippen LogP) is 2.58. The van der Waals surface area contributed by atoms with Gasteiger partial charge in [-0.3, -0.25) is 19.5 Å². The molecule has 3 aromatic rings. The van der Waals surface area contributed by atoms with Crippen molar-refractivity contribution in [2.45, 2.75) is 19.3 Å². The van der Waals surface area contributed by atoms with Gasteiger partial charge >= 0.3 is 0 Å². The molecule has 4 rings (SSSR count). The van der Waals surface area contributed by atoms with E-state index in [4.69, 9.17) is 0 Å². The molecule has 6 nitrogen and oxygen atoms in total. The van der Waals surface area contributed by atoms with E-state index in [1.54, 1.807) is 36.7 Å². The first-order chi connectivity index (χ1) is 11.7. The number of fused-ring (bicyclic) bond motifs is 2. The lowest BCUT2D eigenvalue weighted by Crippen LogP contribution is -2.30. The van der Waals surface area contributed by atoms with Crippen LogP contribution in [0, 0.1) is 0 Å². The molecule has 1 aliphatic rings. The highest BCUT2D eigenvalue weighted by Gasteiger charge is 2.34. The van der Waals surface area contributed by atoms with Gasteiger partial charge in [0.2, 0.25) is 0 Å². The molecule has 0 atom stereocenters. The topological polar surface area (TPSA) is 79.0 Å². The van der Waals surface area contributed by atoms with Crippen molar-refractivity contribution in [2.75, 3.05) is 6.54 Å². The van der Waals surface area contributed by atoms with E-state index in [-0.39, 0.29) is 11.8 Å². The number of aromatic nitrogens is 3. The maximum absolute atomic E-state index is 12.3. The van der Waals surface area contributed by atoms with E-state index in [1.165, 1.54) is 4.90 Å². The molecule has 2 amide bonds. The number of nitrogens with zero attached hydrogens (tertiary/aromatic N) is 3. The zero-order valence-electron chi connectivity index (χ0n) is 13.0. The molecule has 1 N–H and O–H groups in total. The van der Waals surface area contributed by atoms with E-state index in [0.717, 1.165) is 36.1 Å². The standard InChI is InChI=1S/C18H16N4O2/c23-17-12-5-1-2-6-13(12)18(24)22(17)10-4-3-7-16-20-14-8-9-19-11-15(14)21-16/h1-2,5-6,8-9,11H,3-4,7,10H2,(H,20,21). The number of imidazole rings is 1. The minimum absolute atomic E-state index is 0.189. The van der Waals surface area contributed by atoms with Crippen LogP contribution >= 0.6 is 0 Å². The van der Waals surface area contributed by atoms with Crippen LogP contribution in [-0.2, 0) is 6.42 Å². The van der Waals surface area contributed by atoms with Crippen LogP contribution in [0.4, 0.5) is 0 Å². The van der Waals surface area contributed by atoms with E-state index in [1.807, 2.05) is 6.07 Å². The summed E-state index contributed by atoms with van der Waals surface area (Å²) < 4.78 is 0. The third-order valence-electron chi connectivity index (χ3n) is 4.26. The Hall–Kier alpha value is -3.02. The van der Waals surface area contributed by atoms with Crippen molar-refractivity contribution in [2.24, 2.45) is 0 Å². The molecular formula is C18H16N4O2. The number of amides is 2. The number of aromatic amines is 1. The van der Waals surface area contributed by atoms with Gasteiger partial charge in [-0.2, -0.15) is 0 Å². The first kappa shape index (κ1) is 14.6. The molecule has 0 bridgehead atoms. The Kier molecular flexibility index (Phi) is 3.57. The zero-order valence-corrected chi connectivity index (χ0v) is 13.0. The summed E-state index contributed by atoms with van der Waals surface area (Å²) in [7, 11) is 0. The highest BCUT2D eigenvalue weighted by Crippen LogP contribution is 2.22. The number of hydrogen-bond acceptors (Lipinski definition) is 4. The van der Waals surface area contributed by atoms with Crippen LogP contribution < -0.4 is 0 Å². The highest BCUT2D eigenvalue weighted by molar-refractivity contribution is 6.21. The Morgan fingerprint density at radius 2 is 1.75 bits per heavy atom. The number of rotatable bonds is 5. The van der Waals surface area contributed by atoms with E-state index in [2.05, 4.69) is 15.0 Å². The smallest absolute Gasteiger partial charge is 0.261 e. The van der Waals surface area contributed by atoms with Crippen molar-refractivity contribution < 1.29 is 9.59 Å². The molecule has 0 aliphatic carbocycles. The van der Waals surface area contributed by atoms with Crippen LogP contribution in [0.3, 0.4) is 0 Å². The zero-order chi connectivity index (χ0) is 16.5. The SMILES string of the molecule is O=C1c2ccccc2C(=O)N1CCCCc1nc2ccncc2[nH]1. The van der Waals surface area contributed by atoms with Gasteiger partial charge < -0.3 is 4.98 Å². The van der Waals surface area contributed by atoms with Gasteiger partial charge in [-0.1, -0.05) is 12.1 Å². The lowest BCUT2D eigenvalue weighted by Gasteiger charge is -2.13. The monoisotopic (exact) mass is 320 g/mol. The van der Waals surface area contributed by atoms with Gasteiger partial charge in [0.05, 0.1) is 28.4 Å². The lowest BCUT2D eigenvalue weighted by molar-refractivity contribution is 0.0652. The number of aryl methyl sites for hydroxylation is 1. The summed E-state index contributed by atoms with van der Waals surface area (Å²) in [4.78, 5) is 37.7. The average Bonchev–Trinajstić information content (AvgIpc) is 3.13. The first-order valence-electron chi connectivity index (χ1n) is 7.98. The summed E-state index contributed by atoms with van der Waals surface area (Å²) in [5, 5.41) is 0. The van der Waals surface area contributed by atoms with Crippen molar-refractivity contribution in [1.29, 1.82) is 0 Å². The number of carbonyl (C=O) groups is 2. The van der Waals surface area contributed by atoms with Gasteiger partial charge in [0.1, 0.15) is 5.82 Å². The van der Waals surface area contributed by atoms with Gasteiger partial charge in [-0.15, -0.1) is 0 Å². The number of pyridine rings is 1. The maximum atomic E-state index is 12.3. The van der Waals surface area contributed by atoms with Gasteiger partial charge in [0.15, 0.2) is 0 Å². The summed E-state index contributed by atoms with van der Waals surface area (Å²) in [6, 6.07) is 8.85. The number of imide groups is 1. The van der Waals surface area contributed by atoms with Crippen molar-refractivity contribution in [3.05, 3.63) is 59.7 Å². The minimum Gasteiger partial charge on any atom is -0.341 e. The fourth-order valence-electron chi connectivity index (χ4n) is 3.03. The second-order valence-electron chi connectivity index (χ2n) is 5.84. The van der Waals surface area contributed by atoms with Gasteiger partial charge in [0, 0.05) is 19.2 Å². The maximum Gasteiger partial charge on any atom is 0.261 e. The molecule has 6 heteroatoms. The van der Waals surface area contributed by atoms with Crippen LogP contribution in [0.25, 0.3) is 11.0 Å². The summed E-state index contributed by atoms with van der Waals surface area (Å²) in [5.41, 5.74) is 2.84. The van der Waals surface area contributed by atoms with Crippen molar-refractivity contribution in [3.8, 4) is 0 Å². The number of nitrogens with one attached hydrogen (secondary N) is 1. The normalized spacial score (nSPS) is 13.8. The molecule has 2 aromatic heterocycles. The van der Waals surface area contributed by atoms with Crippen molar-refractivity contribution in [1.82, 2.24) is 19.9 Å². The Morgan fingerprint density at radius 1 is 1.00 bits per heavy atom. The van der Waals surface area contributed by atoms with E-state index >= 15 is 0 Å². The predicted molar refractivity (Wildman–Crippen MR) is 88.6 cm³/mol. The number of benzene rings is 1. The number of carbonyl (C=O) groups excluding carboxylic acids is 2. The lowest BCUT2D eigenvalue weighted by atomic mass is 10.1. The Morgan fingerprint density at radius 3 is 2.46 bits per heavy atom. The minimum atomic E-state index is -0.189. The Balaban J connectivity index is 1.35. The molecule has 0 spiro atoms. The molecule has 3 heterocycles. The molecule has 1 aliphatic heterocycles. The largest absolute Gasteiger partial charge is 0.341 e. The molecule has 1 aromatic carbocycles. The summed E-state index contributed by atoms with van der Waals surface area (Å²) in [5.74, 6) is 0.524. The van der Waals surface area contributed by atoms with Crippen LogP contribution in [0.15, 0.2) is 42.7 Å². The number of H-pyrrole nitrogens is 1. The molecule has 0 fully saturated rings. The second-order valence-corrected chi connectivity index (χ2v) is 5.84. The molecule has 24 heavy (non-hydrogen) atoms. The molecule has 0 radical (unpaired) electrons. The van der Waals surface area contributed by atoms with Gasteiger partial charge in [-0.05, 0) is 31.0 Å². The van der Waals surface area contributed by atoms with E-state index in [9.17, 15) is 9.59 Å². The third kappa shape index (κ3) is 2.46. The number of unbranched alkanes of at least 4 members (excludes halogenated alkanes) is 1. The fourth-order valence-corrected chi connectivity index (χ4v) is 3.03. The van der Waals surface area contributed by atoms with Crippen LogP contribution in [0.1, 0.15) is 39.4 Å². The molecule has 0 unspecified atom stereocenters. The quantitative estimate of drug-likeness (QED) is 0.579. The van der Waals surface area contributed by atoms with Gasteiger partial charge in [-0.25, -0.2) is 4.98 Å². The summed E-state index contributed by atoms with van der Waals surface area (Å²) in [6.45, 7) is 0.439. The van der Waals surface area contributed by atoms with Crippen LogP contribution in [0.5, 0.6) is 0 Å². The summed E-state index contributed by atoms with van der Waals surface area (Å²) in [6.07, 6.45) is 5.85. The third-order valence-corrected chi connectivity index (χ3v) is 4.26. The van der Waals surface area contributed by atoms with Crippen molar-refractivity contribution in [3.63, 3.8) is 0 Å². The van der Waals surface area contributed by atoms with Crippen molar-refractivity contribution >= 4 is 22.8 Å². The molecule has 0 saturated heterocycles. The Bertz CT molecular complexity index is 863. The highest BCUT2D eigenvalue weighted by atomic mass is 16.2. The first-order valence-corrected chi connectivity index (χ1v) is 7.98. The second kappa shape index (κ2) is 5.88. The van der Waals surface area contributed by atoms with E-state index < -0.39 is 0 Å². The molecule has 0 saturated carbocycles. The number of hydrogen-bond donors (Lipinski definition) is 1. The fraction of sp³-hybridized carbons (Fsp3) is 0.222. The van der Waals surface area contributed by atoms with Gasteiger partial charge in [0.25, 0.3) is 11.8 Å². The Labute approximate surface area is 138 Å². The molecule has 120 valence electrons. The molecular weight excluding hydrogens is 304 g/mol. The summed E-state index contributed by atoms with van der Waals surface area (Å²) >= 11 is 0. The van der Waals surface area contributed by atoms with E-state index in [0.29, 0.717) is 17.7 Å². The van der Waals surface area contributed by atoms with Crippen LogP contribution in [0.2, 0.25) is 0 Å². The van der Waals surface area contributed by atoms with Crippen LogP contribution in [-0.4, -0.2) is 38.2 Å². The average molecular weight is 320 g/mol.